The van der Waals surface area contributed by atoms with E-state index in [4.69, 9.17) is 10.5 Å². The van der Waals surface area contributed by atoms with Crippen molar-refractivity contribution in [3.8, 4) is 0 Å². The van der Waals surface area contributed by atoms with E-state index in [1.165, 1.54) is 19.2 Å². The quantitative estimate of drug-likeness (QED) is 0.683. The van der Waals surface area contributed by atoms with Crippen LogP contribution in [0.4, 0.5) is 4.39 Å². The van der Waals surface area contributed by atoms with Gasteiger partial charge in [-0.15, -0.1) is 12.4 Å². The number of carbonyl (C=O) groups excluding carboxylic acids is 2. The lowest BCUT2D eigenvalue weighted by Gasteiger charge is -2.18. The molecule has 1 aromatic heterocycles. The molecule has 4 N–H and O–H groups in total. The number of esters is 1. The van der Waals surface area contributed by atoms with E-state index in [1.807, 2.05) is 0 Å². The molecule has 0 saturated carbocycles. The summed E-state index contributed by atoms with van der Waals surface area (Å²) in [6.07, 6.45) is 1.93. The van der Waals surface area contributed by atoms with E-state index in [1.54, 1.807) is 19.2 Å². The van der Waals surface area contributed by atoms with Crippen LogP contribution in [0, 0.1) is 11.7 Å². The Morgan fingerprint density at radius 1 is 1.42 bits per heavy atom. The van der Waals surface area contributed by atoms with E-state index in [0.29, 0.717) is 5.52 Å². The summed E-state index contributed by atoms with van der Waals surface area (Å²) in [7, 11) is 1.26. The third kappa shape index (κ3) is 4.46. The van der Waals surface area contributed by atoms with Crippen LogP contribution in [0.2, 0.25) is 0 Å². The van der Waals surface area contributed by atoms with Crippen molar-refractivity contribution in [2.75, 3.05) is 13.7 Å². The van der Waals surface area contributed by atoms with Gasteiger partial charge in [0.2, 0.25) is 5.91 Å². The lowest BCUT2D eigenvalue weighted by atomic mass is 10.0. The van der Waals surface area contributed by atoms with Crippen LogP contribution in [0.5, 0.6) is 0 Å². The first kappa shape index (κ1) is 19.9. The predicted octanol–water partition coefficient (Wildman–Crippen LogP) is 1.52. The summed E-state index contributed by atoms with van der Waals surface area (Å²) in [4.78, 5) is 26.9. The molecule has 24 heavy (non-hydrogen) atoms. The molecule has 2 atom stereocenters. The normalized spacial score (nSPS) is 13.0. The zero-order valence-corrected chi connectivity index (χ0v) is 14.3. The molecule has 2 unspecified atom stereocenters. The first-order valence-corrected chi connectivity index (χ1v) is 7.30. The number of H-pyrrole nitrogens is 1. The highest BCUT2D eigenvalue weighted by Crippen LogP contribution is 2.21. The van der Waals surface area contributed by atoms with Crippen LogP contribution in [-0.2, 0) is 20.7 Å². The summed E-state index contributed by atoms with van der Waals surface area (Å²) in [5, 5.41) is 3.44. The number of amides is 1. The van der Waals surface area contributed by atoms with Crippen LogP contribution in [-0.4, -0.2) is 36.6 Å². The fourth-order valence-corrected chi connectivity index (χ4v) is 2.30. The van der Waals surface area contributed by atoms with Crippen LogP contribution in [0.1, 0.15) is 12.5 Å². The molecule has 0 aliphatic carbocycles. The highest BCUT2D eigenvalue weighted by atomic mass is 35.5. The van der Waals surface area contributed by atoms with Crippen LogP contribution in [0.15, 0.2) is 24.4 Å². The SMILES string of the molecule is COC(=O)C(Cc1c[nH]c2cc(F)ccc12)NC(=O)C(C)CN.Cl. The Morgan fingerprint density at radius 2 is 2.12 bits per heavy atom. The smallest absolute Gasteiger partial charge is 0.328 e. The van der Waals surface area contributed by atoms with Gasteiger partial charge in [0.15, 0.2) is 0 Å². The predicted molar refractivity (Wildman–Crippen MR) is 91.4 cm³/mol. The molecule has 132 valence electrons. The number of benzene rings is 1. The van der Waals surface area contributed by atoms with Crippen molar-refractivity contribution in [2.45, 2.75) is 19.4 Å². The van der Waals surface area contributed by atoms with Crippen LogP contribution in [0.3, 0.4) is 0 Å². The van der Waals surface area contributed by atoms with E-state index in [0.717, 1.165) is 10.9 Å². The van der Waals surface area contributed by atoms with Crippen molar-refractivity contribution >= 4 is 35.2 Å². The van der Waals surface area contributed by atoms with Gasteiger partial charge in [0, 0.05) is 36.0 Å². The molecule has 2 rings (SSSR count). The van der Waals surface area contributed by atoms with Crippen molar-refractivity contribution in [1.29, 1.82) is 0 Å². The van der Waals surface area contributed by atoms with Crippen LogP contribution < -0.4 is 11.1 Å². The molecular weight excluding hydrogens is 337 g/mol. The van der Waals surface area contributed by atoms with Crippen molar-refractivity contribution in [2.24, 2.45) is 11.7 Å². The molecule has 0 aliphatic rings. The zero-order chi connectivity index (χ0) is 17.0. The van der Waals surface area contributed by atoms with Gasteiger partial charge in [-0.1, -0.05) is 6.92 Å². The third-order valence-corrected chi connectivity index (χ3v) is 3.76. The van der Waals surface area contributed by atoms with Gasteiger partial charge in [-0.3, -0.25) is 4.79 Å². The molecule has 0 radical (unpaired) electrons. The van der Waals surface area contributed by atoms with Gasteiger partial charge in [-0.2, -0.15) is 0 Å². The molecule has 6 nitrogen and oxygen atoms in total. The molecule has 0 saturated heterocycles. The number of carbonyl (C=O) groups is 2. The molecule has 0 fully saturated rings. The molecule has 1 heterocycles. The van der Waals surface area contributed by atoms with Crippen LogP contribution >= 0.6 is 12.4 Å². The van der Waals surface area contributed by atoms with Crippen molar-refractivity contribution in [1.82, 2.24) is 10.3 Å². The number of ether oxygens (including phenoxy) is 1. The number of rotatable bonds is 6. The summed E-state index contributed by atoms with van der Waals surface area (Å²) in [5.41, 5.74) is 6.88. The molecule has 1 aromatic carbocycles. The molecule has 8 heteroatoms. The van der Waals surface area contributed by atoms with E-state index >= 15 is 0 Å². The van der Waals surface area contributed by atoms with E-state index < -0.39 is 17.9 Å². The molecule has 0 bridgehead atoms. The second kappa shape index (κ2) is 8.65. The van der Waals surface area contributed by atoms with Crippen molar-refractivity contribution in [3.05, 3.63) is 35.8 Å². The lowest BCUT2D eigenvalue weighted by Crippen LogP contribution is -2.46. The minimum Gasteiger partial charge on any atom is -0.467 e. The molecule has 0 aliphatic heterocycles. The number of aromatic amines is 1. The minimum atomic E-state index is -0.828. The second-order valence-corrected chi connectivity index (χ2v) is 5.43. The zero-order valence-electron chi connectivity index (χ0n) is 13.5. The number of hydrogen-bond acceptors (Lipinski definition) is 4. The Hall–Kier alpha value is -2.12. The van der Waals surface area contributed by atoms with Gasteiger partial charge in [0.25, 0.3) is 0 Å². The maximum Gasteiger partial charge on any atom is 0.328 e. The highest BCUT2D eigenvalue weighted by molar-refractivity contribution is 5.88. The van der Waals surface area contributed by atoms with Gasteiger partial charge in [-0.05, 0) is 23.8 Å². The van der Waals surface area contributed by atoms with E-state index in [9.17, 15) is 14.0 Å². The summed E-state index contributed by atoms with van der Waals surface area (Å²) in [5.74, 6) is -1.60. The molecule has 1 amide bonds. The fourth-order valence-electron chi connectivity index (χ4n) is 2.30. The van der Waals surface area contributed by atoms with E-state index in [-0.39, 0.29) is 37.1 Å². The number of nitrogens with one attached hydrogen (secondary N) is 2. The van der Waals surface area contributed by atoms with Gasteiger partial charge in [-0.25, -0.2) is 9.18 Å². The van der Waals surface area contributed by atoms with Crippen molar-refractivity contribution in [3.63, 3.8) is 0 Å². The molecular formula is C16H21ClFN3O3. The number of aromatic nitrogens is 1. The molecule has 0 spiro atoms. The number of fused-ring (bicyclic) bond motifs is 1. The maximum atomic E-state index is 13.2. The third-order valence-electron chi connectivity index (χ3n) is 3.76. The number of nitrogens with two attached hydrogens (primary N) is 1. The Kier molecular flexibility index (Phi) is 7.18. The summed E-state index contributed by atoms with van der Waals surface area (Å²) in [6, 6.07) is 3.53. The first-order chi connectivity index (χ1) is 11.0. The summed E-state index contributed by atoms with van der Waals surface area (Å²) >= 11 is 0. The van der Waals surface area contributed by atoms with Gasteiger partial charge >= 0.3 is 5.97 Å². The Balaban J connectivity index is 0.00000288. The summed E-state index contributed by atoms with van der Waals surface area (Å²) < 4.78 is 18.0. The number of hydrogen-bond donors (Lipinski definition) is 3. The lowest BCUT2D eigenvalue weighted by molar-refractivity contribution is -0.145. The van der Waals surface area contributed by atoms with Crippen LogP contribution in [0.25, 0.3) is 10.9 Å². The Labute approximate surface area is 145 Å². The standard InChI is InChI=1S/C16H20FN3O3.ClH/c1-9(7-18)15(21)20-14(16(22)23-2)5-10-8-19-13-6-11(17)3-4-12(10)13;/h3-4,6,8-9,14,19H,5,7,18H2,1-2H3,(H,20,21);1H. The van der Waals surface area contributed by atoms with Gasteiger partial charge < -0.3 is 20.8 Å². The average Bonchev–Trinajstić information content (AvgIpc) is 2.94. The molecule has 2 aromatic rings. The number of methoxy groups -OCH3 is 1. The van der Waals surface area contributed by atoms with Gasteiger partial charge in [0.05, 0.1) is 7.11 Å². The topological polar surface area (TPSA) is 97.2 Å². The summed E-state index contributed by atoms with van der Waals surface area (Å²) in [6.45, 7) is 1.87. The van der Waals surface area contributed by atoms with Gasteiger partial charge in [0.1, 0.15) is 11.9 Å². The monoisotopic (exact) mass is 357 g/mol. The first-order valence-electron chi connectivity index (χ1n) is 7.30. The fraction of sp³-hybridized carbons (Fsp3) is 0.375. The maximum absolute atomic E-state index is 13.2. The average molecular weight is 358 g/mol. The second-order valence-electron chi connectivity index (χ2n) is 5.43. The number of halogens is 2. The highest BCUT2D eigenvalue weighted by Gasteiger charge is 2.25. The van der Waals surface area contributed by atoms with E-state index in [2.05, 4.69) is 10.3 Å². The van der Waals surface area contributed by atoms with Crippen molar-refractivity contribution < 1.29 is 18.7 Å². The largest absolute Gasteiger partial charge is 0.467 e. The minimum absolute atomic E-state index is 0. The Bertz CT molecular complexity index is 720. The Morgan fingerprint density at radius 3 is 2.75 bits per heavy atom.